The maximum absolute atomic E-state index is 12.1. The Morgan fingerprint density at radius 3 is 2.47 bits per heavy atom. The molecule has 1 aromatic heterocycles. The van der Waals surface area contributed by atoms with E-state index in [1.54, 1.807) is 18.2 Å². The van der Waals surface area contributed by atoms with Crippen molar-refractivity contribution in [3.05, 3.63) is 46.8 Å². The van der Waals surface area contributed by atoms with Crippen molar-refractivity contribution in [3.63, 3.8) is 0 Å². The lowest BCUT2D eigenvalue weighted by Gasteiger charge is -2.09. The minimum atomic E-state index is -3.69. The Kier molecular flexibility index (Phi) is 3.59. The van der Waals surface area contributed by atoms with Gasteiger partial charge < -0.3 is 5.73 Å². The Hall–Kier alpha value is -1.86. The summed E-state index contributed by atoms with van der Waals surface area (Å²) >= 11 is 1.16. The number of carbonyl (C=O) groups is 1. The highest BCUT2D eigenvalue weighted by Crippen LogP contribution is 2.24. The highest BCUT2D eigenvalue weighted by atomic mass is 32.2. The largest absolute Gasteiger partial charge is 0.366 e. The van der Waals surface area contributed by atoms with Crippen LogP contribution < -0.4 is 10.5 Å². The number of sulfonamides is 1. The van der Waals surface area contributed by atoms with Crippen LogP contribution in [0, 0.1) is 6.92 Å². The Morgan fingerprint density at radius 2 is 1.89 bits per heavy atom. The Bertz CT molecular complexity index is 720. The van der Waals surface area contributed by atoms with E-state index in [0.717, 1.165) is 16.2 Å². The molecule has 0 saturated heterocycles. The molecule has 0 radical (unpaired) electrons. The molecule has 3 N–H and O–H groups in total. The van der Waals surface area contributed by atoms with Crippen LogP contribution in [0.4, 0.5) is 5.69 Å². The molecule has 19 heavy (non-hydrogen) atoms. The molecular formula is C12H12N2O3S2. The number of anilines is 1. The second-order valence-corrected chi connectivity index (χ2v) is 7.08. The third-order valence-electron chi connectivity index (χ3n) is 2.42. The molecule has 1 amide bonds. The van der Waals surface area contributed by atoms with Crippen molar-refractivity contribution < 1.29 is 13.2 Å². The molecule has 0 unspecified atom stereocenters. The van der Waals surface area contributed by atoms with Gasteiger partial charge in [-0.25, -0.2) is 8.42 Å². The third-order valence-corrected chi connectivity index (χ3v) is 5.28. The lowest BCUT2D eigenvalue weighted by Crippen LogP contribution is -2.17. The van der Waals surface area contributed by atoms with Crippen LogP contribution >= 0.6 is 11.3 Å². The van der Waals surface area contributed by atoms with Gasteiger partial charge in [-0.2, -0.15) is 0 Å². The van der Waals surface area contributed by atoms with Crippen LogP contribution in [-0.2, 0) is 10.0 Å². The SMILES string of the molecule is Cc1ccc(S(=O)(=O)Nc2ccccc2C(N)=O)s1. The van der Waals surface area contributed by atoms with E-state index in [0.29, 0.717) is 0 Å². The van der Waals surface area contributed by atoms with E-state index in [9.17, 15) is 13.2 Å². The van der Waals surface area contributed by atoms with E-state index < -0.39 is 15.9 Å². The highest BCUT2D eigenvalue weighted by molar-refractivity contribution is 7.94. The first-order valence-electron chi connectivity index (χ1n) is 5.38. The Morgan fingerprint density at radius 1 is 1.21 bits per heavy atom. The molecule has 0 aliphatic heterocycles. The molecule has 100 valence electrons. The monoisotopic (exact) mass is 296 g/mol. The number of hydrogen-bond donors (Lipinski definition) is 2. The van der Waals surface area contributed by atoms with Crippen LogP contribution in [0.15, 0.2) is 40.6 Å². The first-order chi connectivity index (χ1) is 8.90. The minimum absolute atomic E-state index is 0.138. The fourth-order valence-electron chi connectivity index (χ4n) is 1.54. The van der Waals surface area contributed by atoms with Gasteiger partial charge in [0.2, 0.25) is 0 Å². The number of nitrogens with one attached hydrogen (secondary N) is 1. The van der Waals surface area contributed by atoms with Gasteiger partial charge in [-0.05, 0) is 31.2 Å². The van der Waals surface area contributed by atoms with Crippen molar-refractivity contribution in [1.29, 1.82) is 0 Å². The van der Waals surface area contributed by atoms with E-state index in [2.05, 4.69) is 4.72 Å². The van der Waals surface area contributed by atoms with Crippen LogP contribution in [0.25, 0.3) is 0 Å². The fraction of sp³-hybridized carbons (Fsp3) is 0.0833. The first-order valence-corrected chi connectivity index (χ1v) is 7.68. The molecule has 2 aromatic rings. The second kappa shape index (κ2) is 5.02. The summed E-state index contributed by atoms with van der Waals surface area (Å²) in [5, 5.41) is 0. The van der Waals surface area contributed by atoms with Gasteiger partial charge in [0.1, 0.15) is 4.21 Å². The third kappa shape index (κ3) is 2.94. The lowest BCUT2D eigenvalue weighted by molar-refractivity contribution is 0.100. The van der Waals surface area contributed by atoms with Gasteiger partial charge in [0.25, 0.3) is 15.9 Å². The van der Waals surface area contributed by atoms with Crippen LogP contribution in [0.2, 0.25) is 0 Å². The van der Waals surface area contributed by atoms with Gasteiger partial charge in [0, 0.05) is 4.88 Å². The van der Waals surface area contributed by atoms with E-state index in [1.807, 2.05) is 6.92 Å². The standard InChI is InChI=1S/C12H12N2O3S2/c1-8-6-7-11(18-8)19(16,17)14-10-5-3-2-4-9(10)12(13)15/h2-7,14H,1H3,(H2,13,15). The second-order valence-electron chi connectivity index (χ2n) is 3.88. The topological polar surface area (TPSA) is 89.3 Å². The summed E-state index contributed by atoms with van der Waals surface area (Å²) in [6.45, 7) is 1.82. The molecule has 0 aliphatic rings. The minimum Gasteiger partial charge on any atom is -0.366 e. The van der Waals surface area contributed by atoms with Crippen LogP contribution in [-0.4, -0.2) is 14.3 Å². The quantitative estimate of drug-likeness (QED) is 0.903. The molecule has 1 heterocycles. The van der Waals surface area contributed by atoms with Crippen LogP contribution in [0.1, 0.15) is 15.2 Å². The van der Waals surface area contributed by atoms with Gasteiger partial charge in [0.15, 0.2) is 0 Å². The molecule has 0 aliphatic carbocycles. The average molecular weight is 296 g/mol. The number of thiophene rings is 1. The number of primary amides is 1. The summed E-state index contributed by atoms with van der Waals surface area (Å²) < 4.78 is 26.9. The van der Waals surface area contributed by atoms with Gasteiger partial charge >= 0.3 is 0 Å². The van der Waals surface area contributed by atoms with Crippen LogP contribution in [0.5, 0.6) is 0 Å². The van der Waals surface area contributed by atoms with Crippen molar-refractivity contribution >= 4 is 33.0 Å². The summed E-state index contributed by atoms with van der Waals surface area (Å²) in [5.41, 5.74) is 5.52. The number of rotatable bonds is 4. The predicted octanol–water partition coefficient (Wildman–Crippen LogP) is 1.96. The normalized spacial score (nSPS) is 11.2. The molecule has 2 rings (SSSR count). The van der Waals surface area contributed by atoms with E-state index in [4.69, 9.17) is 5.73 Å². The van der Waals surface area contributed by atoms with Gasteiger partial charge in [-0.1, -0.05) is 12.1 Å². The zero-order chi connectivity index (χ0) is 14.0. The number of benzene rings is 1. The zero-order valence-corrected chi connectivity index (χ0v) is 11.7. The molecule has 0 fully saturated rings. The van der Waals surface area contributed by atoms with Gasteiger partial charge in [-0.3, -0.25) is 9.52 Å². The summed E-state index contributed by atoms with van der Waals surface area (Å²) in [6.07, 6.45) is 0. The van der Waals surface area contributed by atoms with Crippen molar-refractivity contribution in [3.8, 4) is 0 Å². The van der Waals surface area contributed by atoms with E-state index >= 15 is 0 Å². The number of hydrogen-bond acceptors (Lipinski definition) is 4. The summed E-state index contributed by atoms with van der Waals surface area (Å²) in [7, 11) is -3.69. The molecule has 0 bridgehead atoms. The highest BCUT2D eigenvalue weighted by Gasteiger charge is 2.18. The van der Waals surface area contributed by atoms with Gasteiger partial charge in [0.05, 0.1) is 11.3 Å². The molecular weight excluding hydrogens is 284 g/mol. The number of amides is 1. The molecule has 1 aromatic carbocycles. The van der Waals surface area contributed by atoms with Crippen molar-refractivity contribution in [2.45, 2.75) is 11.1 Å². The van der Waals surface area contributed by atoms with E-state index in [1.165, 1.54) is 18.2 Å². The summed E-state index contributed by atoms with van der Waals surface area (Å²) in [4.78, 5) is 12.1. The number of para-hydroxylation sites is 1. The first kappa shape index (κ1) is 13.6. The predicted molar refractivity (Wildman–Crippen MR) is 74.8 cm³/mol. The van der Waals surface area contributed by atoms with Crippen LogP contribution in [0.3, 0.4) is 0 Å². The van der Waals surface area contributed by atoms with Crippen molar-refractivity contribution in [2.75, 3.05) is 4.72 Å². The summed E-state index contributed by atoms with van der Waals surface area (Å²) in [5.74, 6) is -0.680. The average Bonchev–Trinajstić information content (AvgIpc) is 2.76. The smallest absolute Gasteiger partial charge is 0.271 e. The maximum atomic E-state index is 12.1. The molecule has 0 spiro atoms. The van der Waals surface area contributed by atoms with Gasteiger partial charge in [-0.15, -0.1) is 11.3 Å². The van der Waals surface area contributed by atoms with Crippen molar-refractivity contribution in [1.82, 2.24) is 0 Å². The maximum Gasteiger partial charge on any atom is 0.271 e. The molecule has 7 heteroatoms. The Balaban J connectivity index is 2.39. The van der Waals surface area contributed by atoms with Crippen molar-refractivity contribution in [2.24, 2.45) is 5.73 Å². The molecule has 5 nitrogen and oxygen atoms in total. The molecule has 0 saturated carbocycles. The fourth-order valence-corrected chi connectivity index (χ4v) is 3.90. The number of aryl methyl sites for hydroxylation is 1. The lowest BCUT2D eigenvalue weighted by atomic mass is 10.2. The molecule has 0 atom stereocenters. The zero-order valence-electron chi connectivity index (χ0n) is 10.1. The number of nitrogens with two attached hydrogens (primary N) is 1. The van der Waals surface area contributed by atoms with E-state index in [-0.39, 0.29) is 15.5 Å². The number of carbonyl (C=O) groups excluding carboxylic acids is 1. The summed E-state index contributed by atoms with van der Waals surface area (Å²) in [6, 6.07) is 9.46. The Labute approximate surface area is 115 Å².